The molecule has 0 radical (unpaired) electrons. The monoisotopic (exact) mass is 228 g/mol. The van der Waals surface area contributed by atoms with Crippen LogP contribution in [0.25, 0.3) is 0 Å². The number of fused-ring (bicyclic) bond motifs is 1. The van der Waals surface area contributed by atoms with Crippen molar-refractivity contribution in [2.24, 2.45) is 17.1 Å². The molecule has 0 spiro atoms. The Balaban J connectivity index is 1.91. The summed E-state index contributed by atoms with van der Waals surface area (Å²) in [6.45, 7) is 7.77. The van der Waals surface area contributed by atoms with Crippen LogP contribution in [0.4, 0.5) is 0 Å². The number of nitrogens with one attached hydrogen (secondary N) is 1. The smallest absolute Gasteiger partial charge is 0.0691 e. The fraction of sp³-hybridized carbons (Fsp3) is 1.00. The molecule has 1 aliphatic carbocycles. The topological polar surface area (TPSA) is 56.5 Å². The molecule has 3 atom stereocenters. The van der Waals surface area contributed by atoms with Gasteiger partial charge in [0.25, 0.3) is 0 Å². The highest BCUT2D eigenvalue weighted by atomic mass is 16.5. The Hall–Kier alpha value is -0.160. The van der Waals surface area contributed by atoms with E-state index in [0.29, 0.717) is 12.0 Å². The van der Waals surface area contributed by atoms with Gasteiger partial charge in [-0.2, -0.15) is 0 Å². The van der Waals surface area contributed by atoms with Crippen LogP contribution in [0.15, 0.2) is 0 Å². The fourth-order valence-corrected chi connectivity index (χ4v) is 3.30. The SMILES string of the molecule is COCCNCC1(N)C2CCOC2C1(C)C. The maximum atomic E-state index is 6.56. The molecule has 2 fully saturated rings. The Morgan fingerprint density at radius 2 is 2.25 bits per heavy atom. The third-order valence-electron chi connectivity index (χ3n) is 4.56. The fourth-order valence-electron chi connectivity index (χ4n) is 3.30. The lowest BCUT2D eigenvalue weighted by Gasteiger charge is -2.62. The Morgan fingerprint density at radius 3 is 2.94 bits per heavy atom. The Kier molecular flexibility index (Phi) is 3.27. The van der Waals surface area contributed by atoms with E-state index in [-0.39, 0.29) is 11.0 Å². The summed E-state index contributed by atoms with van der Waals surface area (Å²) in [6, 6.07) is 0. The molecule has 3 N–H and O–H groups in total. The van der Waals surface area contributed by atoms with Gasteiger partial charge in [-0.1, -0.05) is 13.8 Å². The molecule has 0 aromatic carbocycles. The van der Waals surface area contributed by atoms with Gasteiger partial charge in [-0.05, 0) is 6.42 Å². The first-order valence-electron chi connectivity index (χ1n) is 6.14. The molecule has 2 rings (SSSR count). The van der Waals surface area contributed by atoms with Crippen molar-refractivity contribution in [1.29, 1.82) is 0 Å². The predicted molar refractivity (Wildman–Crippen MR) is 63.3 cm³/mol. The van der Waals surface area contributed by atoms with Gasteiger partial charge < -0.3 is 20.5 Å². The van der Waals surface area contributed by atoms with Crippen LogP contribution in [0.5, 0.6) is 0 Å². The molecule has 0 aromatic heterocycles. The largest absolute Gasteiger partial charge is 0.383 e. The summed E-state index contributed by atoms with van der Waals surface area (Å²) in [6.07, 6.45) is 1.47. The molecule has 0 amide bonds. The van der Waals surface area contributed by atoms with Crippen molar-refractivity contribution in [2.75, 3.05) is 33.4 Å². The van der Waals surface area contributed by atoms with E-state index in [1.54, 1.807) is 7.11 Å². The molecule has 4 heteroatoms. The van der Waals surface area contributed by atoms with Crippen molar-refractivity contribution in [2.45, 2.75) is 31.9 Å². The van der Waals surface area contributed by atoms with E-state index in [2.05, 4.69) is 19.2 Å². The van der Waals surface area contributed by atoms with Crippen molar-refractivity contribution in [3.8, 4) is 0 Å². The van der Waals surface area contributed by atoms with Crippen molar-refractivity contribution < 1.29 is 9.47 Å². The van der Waals surface area contributed by atoms with Crippen molar-refractivity contribution in [3.05, 3.63) is 0 Å². The Bertz CT molecular complexity index is 257. The van der Waals surface area contributed by atoms with Crippen LogP contribution < -0.4 is 11.1 Å². The molecule has 1 heterocycles. The molecule has 3 unspecified atom stereocenters. The van der Waals surface area contributed by atoms with E-state index in [4.69, 9.17) is 15.2 Å². The molecule has 4 nitrogen and oxygen atoms in total. The van der Waals surface area contributed by atoms with E-state index in [1.807, 2.05) is 0 Å². The van der Waals surface area contributed by atoms with E-state index in [9.17, 15) is 0 Å². The number of hydrogen-bond donors (Lipinski definition) is 2. The molecule has 0 aromatic rings. The number of hydrogen-bond acceptors (Lipinski definition) is 4. The highest BCUT2D eigenvalue weighted by Crippen LogP contribution is 2.57. The highest BCUT2D eigenvalue weighted by molar-refractivity contribution is 5.21. The summed E-state index contributed by atoms with van der Waals surface area (Å²) < 4.78 is 10.8. The second-order valence-corrected chi connectivity index (χ2v) is 5.62. The minimum absolute atomic E-state index is 0.0776. The third-order valence-corrected chi connectivity index (χ3v) is 4.56. The standard InChI is InChI=1S/C12H24N2O2/c1-11(2)10-9(4-6-16-10)12(11,13)8-14-5-7-15-3/h9-10,14H,4-8,13H2,1-3H3. The van der Waals surface area contributed by atoms with Gasteiger partial charge in [0.05, 0.1) is 12.7 Å². The first kappa shape index (κ1) is 12.3. The summed E-state index contributed by atoms with van der Waals surface area (Å²) in [5, 5.41) is 3.39. The molecule has 94 valence electrons. The van der Waals surface area contributed by atoms with E-state index >= 15 is 0 Å². The van der Waals surface area contributed by atoms with Crippen molar-refractivity contribution in [3.63, 3.8) is 0 Å². The summed E-state index contributed by atoms with van der Waals surface area (Å²) in [5.74, 6) is 0.526. The van der Waals surface area contributed by atoms with Crippen LogP contribution in [0.2, 0.25) is 0 Å². The summed E-state index contributed by atoms with van der Waals surface area (Å²) >= 11 is 0. The number of rotatable bonds is 5. The van der Waals surface area contributed by atoms with Crippen LogP contribution in [-0.4, -0.2) is 45.1 Å². The van der Waals surface area contributed by atoms with Gasteiger partial charge in [0.15, 0.2) is 0 Å². The number of nitrogens with two attached hydrogens (primary N) is 1. The second kappa shape index (κ2) is 4.26. The Labute approximate surface area is 97.9 Å². The van der Waals surface area contributed by atoms with Gasteiger partial charge in [-0.25, -0.2) is 0 Å². The van der Waals surface area contributed by atoms with Gasteiger partial charge in [-0.15, -0.1) is 0 Å². The van der Waals surface area contributed by atoms with Gasteiger partial charge in [0.1, 0.15) is 0 Å². The van der Waals surface area contributed by atoms with Crippen molar-refractivity contribution in [1.82, 2.24) is 5.32 Å². The lowest BCUT2D eigenvalue weighted by atomic mass is 9.48. The molecule has 0 bridgehead atoms. The lowest BCUT2D eigenvalue weighted by Crippen LogP contribution is -2.78. The second-order valence-electron chi connectivity index (χ2n) is 5.62. The zero-order chi connectivity index (χ0) is 11.8. The summed E-state index contributed by atoms with van der Waals surface area (Å²) in [7, 11) is 1.72. The molecular weight excluding hydrogens is 204 g/mol. The highest BCUT2D eigenvalue weighted by Gasteiger charge is 2.67. The van der Waals surface area contributed by atoms with E-state index in [0.717, 1.165) is 32.7 Å². The zero-order valence-corrected chi connectivity index (χ0v) is 10.6. The van der Waals surface area contributed by atoms with E-state index < -0.39 is 0 Å². The molecule has 1 aliphatic heterocycles. The lowest BCUT2D eigenvalue weighted by molar-refractivity contribution is -0.153. The van der Waals surface area contributed by atoms with Crippen molar-refractivity contribution >= 4 is 0 Å². The van der Waals surface area contributed by atoms with Gasteiger partial charge in [-0.3, -0.25) is 0 Å². The Morgan fingerprint density at radius 1 is 1.50 bits per heavy atom. The molecular formula is C12H24N2O2. The van der Waals surface area contributed by atoms with Crippen LogP contribution in [-0.2, 0) is 9.47 Å². The molecule has 1 saturated carbocycles. The van der Waals surface area contributed by atoms with Crippen LogP contribution in [0, 0.1) is 11.3 Å². The molecule has 2 aliphatic rings. The number of methoxy groups -OCH3 is 1. The minimum atomic E-state index is -0.123. The van der Waals surface area contributed by atoms with Gasteiger partial charge in [0, 0.05) is 43.7 Å². The van der Waals surface area contributed by atoms with Gasteiger partial charge >= 0.3 is 0 Å². The summed E-state index contributed by atoms with van der Waals surface area (Å²) in [4.78, 5) is 0. The van der Waals surface area contributed by atoms with Gasteiger partial charge in [0.2, 0.25) is 0 Å². The maximum Gasteiger partial charge on any atom is 0.0691 e. The first-order chi connectivity index (χ1) is 7.54. The summed E-state index contributed by atoms with van der Waals surface area (Å²) in [5.41, 5.74) is 6.52. The average Bonchev–Trinajstić information content (AvgIpc) is 2.71. The maximum absolute atomic E-state index is 6.56. The zero-order valence-electron chi connectivity index (χ0n) is 10.6. The van der Waals surface area contributed by atoms with Crippen LogP contribution in [0.1, 0.15) is 20.3 Å². The van der Waals surface area contributed by atoms with E-state index in [1.165, 1.54) is 0 Å². The normalized spacial score (nSPS) is 40.5. The average molecular weight is 228 g/mol. The molecule has 1 saturated heterocycles. The van der Waals surface area contributed by atoms with Crippen LogP contribution in [0.3, 0.4) is 0 Å². The number of ether oxygens (including phenoxy) is 2. The minimum Gasteiger partial charge on any atom is -0.383 e. The van der Waals surface area contributed by atoms with Crippen LogP contribution >= 0.6 is 0 Å². The quantitative estimate of drug-likeness (QED) is 0.667. The molecule has 16 heavy (non-hydrogen) atoms. The first-order valence-corrected chi connectivity index (χ1v) is 6.14. The predicted octanol–water partition coefficient (Wildman–Crippen LogP) is 0.365. The third kappa shape index (κ3) is 1.59.